The first-order chi connectivity index (χ1) is 7.19. The van der Waals surface area contributed by atoms with E-state index < -0.39 is 0 Å². The molecular formula is C12H24O3. The number of hydrogen-bond acceptors (Lipinski definition) is 3. The van der Waals surface area contributed by atoms with Crippen molar-refractivity contribution in [1.29, 1.82) is 0 Å². The zero-order chi connectivity index (χ0) is 11.7. The van der Waals surface area contributed by atoms with E-state index in [9.17, 15) is 4.79 Å². The van der Waals surface area contributed by atoms with Gasteiger partial charge in [-0.15, -0.1) is 0 Å². The molecule has 3 nitrogen and oxygen atoms in total. The van der Waals surface area contributed by atoms with Crippen molar-refractivity contribution in [1.82, 2.24) is 0 Å². The molecule has 0 radical (unpaired) electrons. The maximum Gasteiger partial charge on any atom is 0.335 e. The van der Waals surface area contributed by atoms with Crippen molar-refractivity contribution in [3.63, 3.8) is 0 Å². The SMILES string of the molecule is CCCOC(=O)C(CC)OC(CC)CC. The van der Waals surface area contributed by atoms with Crippen LogP contribution in [0.3, 0.4) is 0 Å². The molecular weight excluding hydrogens is 192 g/mol. The third kappa shape index (κ3) is 5.78. The Kier molecular flexibility index (Phi) is 8.38. The van der Waals surface area contributed by atoms with Gasteiger partial charge in [0.1, 0.15) is 0 Å². The standard InChI is InChI=1S/C12H24O3/c1-5-9-14-12(13)11(8-4)15-10(6-2)7-3/h10-11H,5-9H2,1-4H3. The van der Waals surface area contributed by atoms with Crippen LogP contribution < -0.4 is 0 Å². The van der Waals surface area contributed by atoms with Gasteiger partial charge in [0.2, 0.25) is 0 Å². The summed E-state index contributed by atoms with van der Waals surface area (Å²) in [6.45, 7) is 8.55. The van der Waals surface area contributed by atoms with Crippen molar-refractivity contribution in [3.8, 4) is 0 Å². The number of ether oxygens (including phenoxy) is 2. The van der Waals surface area contributed by atoms with Gasteiger partial charge in [0.15, 0.2) is 6.10 Å². The Bertz CT molecular complexity index is 164. The molecule has 1 atom stereocenters. The minimum atomic E-state index is -0.388. The maximum absolute atomic E-state index is 11.6. The zero-order valence-electron chi connectivity index (χ0n) is 10.4. The molecule has 15 heavy (non-hydrogen) atoms. The van der Waals surface area contributed by atoms with Crippen LogP contribution in [0.2, 0.25) is 0 Å². The summed E-state index contributed by atoms with van der Waals surface area (Å²) in [5.41, 5.74) is 0. The highest BCUT2D eigenvalue weighted by Gasteiger charge is 2.21. The fraction of sp³-hybridized carbons (Fsp3) is 0.917. The van der Waals surface area contributed by atoms with Gasteiger partial charge in [-0.1, -0.05) is 27.7 Å². The summed E-state index contributed by atoms with van der Waals surface area (Å²) in [6, 6.07) is 0. The number of rotatable bonds is 8. The lowest BCUT2D eigenvalue weighted by Gasteiger charge is -2.20. The summed E-state index contributed by atoms with van der Waals surface area (Å²) < 4.78 is 10.8. The molecule has 0 amide bonds. The van der Waals surface area contributed by atoms with Gasteiger partial charge < -0.3 is 9.47 Å². The van der Waals surface area contributed by atoms with Gasteiger partial charge in [-0.2, -0.15) is 0 Å². The van der Waals surface area contributed by atoms with E-state index in [0.717, 1.165) is 19.3 Å². The van der Waals surface area contributed by atoms with Gasteiger partial charge in [0.05, 0.1) is 12.7 Å². The zero-order valence-corrected chi connectivity index (χ0v) is 10.4. The molecule has 3 heteroatoms. The number of esters is 1. The first-order valence-corrected chi connectivity index (χ1v) is 6.01. The smallest absolute Gasteiger partial charge is 0.335 e. The molecule has 0 rings (SSSR count). The van der Waals surface area contributed by atoms with Crippen molar-refractivity contribution < 1.29 is 14.3 Å². The van der Waals surface area contributed by atoms with Gasteiger partial charge in [-0.25, -0.2) is 4.79 Å². The Balaban J connectivity index is 4.04. The lowest BCUT2D eigenvalue weighted by Crippen LogP contribution is -2.30. The molecule has 0 aliphatic rings. The van der Waals surface area contributed by atoms with Crippen LogP contribution in [-0.2, 0) is 14.3 Å². The largest absolute Gasteiger partial charge is 0.464 e. The molecule has 0 saturated heterocycles. The summed E-state index contributed by atoms with van der Waals surface area (Å²) in [5, 5.41) is 0. The van der Waals surface area contributed by atoms with Crippen molar-refractivity contribution >= 4 is 5.97 Å². The fourth-order valence-corrected chi connectivity index (χ4v) is 1.33. The summed E-state index contributed by atoms with van der Waals surface area (Å²) >= 11 is 0. The van der Waals surface area contributed by atoms with E-state index in [1.165, 1.54) is 0 Å². The van der Waals surface area contributed by atoms with Crippen LogP contribution in [0.4, 0.5) is 0 Å². The Morgan fingerprint density at radius 3 is 2.07 bits per heavy atom. The molecule has 1 unspecified atom stereocenters. The van der Waals surface area contributed by atoms with Crippen LogP contribution in [-0.4, -0.2) is 24.8 Å². The van der Waals surface area contributed by atoms with Gasteiger partial charge in [0.25, 0.3) is 0 Å². The molecule has 0 bridgehead atoms. The number of carbonyl (C=O) groups excluding carboxylic acids is 1. The highest BCUT2D eigenvalue weighted by Crippen LogP contribution is 2.10. The van der Waals surface area contributed by atoms with E-state index in [0.29, 0.717) is 13.0 Å². The number of hydrogen-bond donors (Lipinski definition) is 0. The van der Waals surface area contributed by atoms with Gasteiger partial charge in [0, 0.05) is 0 Å². The molecule has 0 fully saturated rings. The first kappa shape index (κ1) is 14.4. The molecule has 0 aromatic carbocycles. The van der Waals surface area contributed by atoms with E-state index in [1.54, 1.807) is 0 Å². The average Bonchev–Trinajstić information content (AvgIpc) is 2.27. The quantitative estimate of drug-likeness (QED) is 0.585. The van der Waals surface area contributed by atoms with Crippen molar-refractivity contribution in [3.05, 3.63) is 0 Å². The van der Waals surface area contributed by atoms with E-state index in [2.05, 4.69) is 13.8 Å². The minimum Gasteiger partial charge on any atom is -0.464 e. The average molecular weight is 216 g/mol. The molecule has 0 N–H and O–H groups in total. The summed E-state index contributed by atoms with van der Waals surface area (Å²) in [6.07, 6.45) is 3.19. The lowest BCUT2D eigenvalue weighted by molar-refractivity contribution is -0.161. The van der Waals surface area contributed by atoms with Crippen LogP contribution in [0.25, 0.3) is 0 Å². The van der Waals surface area contributed by atoms with E-state index in [-0.39, 0.29) is 18.2 Å². The molecule has 90 valence electrons. The van der Waals surface area contributed by atoms with E-state index >= 15 is 0 Å². The van der Waals surface area contributed by atoms with Crippen molar-refractivity contribution in [2.24, 2.45) is 0 Å². The second-order valence-corrected chi connectivity index (χ2v) is 3.64. The van der Waals surface area contributed by atoms with Gasteiger partial charge in [-0.3, -0.25) is 0 Å². The second kappa shape index (κ2) is 8.72. The molecule has 0 aromatic heterocycles. The minimum absolute atomic E-state index is 0.170. The topological polar surface area (TPSA) is 35.5 Å². The van der Waals surface area contributed by atoms with Gasteiger partial charge >= 0.3 is 5.97 Å². The Morgan fingerprint density at radius 2 is 1.67 bits per heavy atom. The van der Waals surface area contributed by atoms with Gasteiger partial charge in [-0.05, 0) is 25.7 Å². The Hall–Kier alpha value is -0.570. The first-order valence-electron chi connectivity index (χ1n) is 6.01. The van der Waals surface area contributed by atoms with Crippen molar-refractivity contribution in [2.75, 3.05) is 6.61 Å². The lowest BCUT2D eigenvalue weighted by atomic mass is 10.2. The Labute approximate surface area is 93.1 Å². The summed E-state index contributed by atoms with van der Waals surface area (Å²) in [4.78, 5) is 11.6. The monoisotopic (exact) mass is 216 g/mol. The molecule has 0 saturated carbocycles. The van der Waals surface area contributed by atoms with E-state index in [4.69, 9.17) is 9.47 Å². The Morgan fingerprint density at radius 1 is 1.07 bits per heavy atom. The fourth-order valence-electron chi connectivity index (χ4n) is 1.33. The normalized spacial score (nSPS) is 12.9. The molecule has 0 aliphatic heterocycles. The third-order valence-electron chi connectivity index (χ3n) is 2.35. The van der Waals surface area contributed by atoms with Crippen LogP contribution in [0, 0.1) is 0 Å². The van der Waals surface area contributed by atoms with Crippen LogP contribution in [0.5, 0.6) is 0 Å². The van der Waals surface area contributed by atoms with Crippen molar-refractivity contribution in [2.45, 2.75) is 65.6 Å². The second-order valence-electron chi connectivity index (χ2n) is 3.64. The van der Waals surface area contributed by atoms with Crippen LogP contribution in [0.15, 0.2) is 0 Å². The molecule has 0 aromatic rings. The molecule has 0 heterocycles. The predicted molar refractivity (Wildman–Crippen MR) is 60.8 cm³/mol. The third-order valence-corrected chi connectivity index (χ3v) is 2.35. The summed E-state index contributed by atoms with van der Waals surface area (Å²) in [5.74, 6) is -0.216. The number of carbonyl (C=O) groups is 1. The van der Waals surface area contributed by atoms with Crippen LogP contribution >= 0.6 is 0 Å². The van der Waals surface area contributed by atoms with Crippen LogP contribution in [0.1, 0.15) is 53.4 Å². The predicted octanol–water partition coefficient (Wildman–Crippen LogP) is 2.92. The summed E-state index contributed by atoms with van der Waals surface area (Å²) in [7, 11) is 0. The molecule has 0 aliphatic carbocycles. The van der Waals surface area contributed by atoms with E-state index in [1.807, 2.05) is 13.8 Å². The highest BCUT2D eigenvalue weighted by molar-refractivity contribution is 5.74. The maximum atomic E-state index is 11.6. The highest BCUT2D eigenvalue weighted by atomic mass is 16.6. The molecule has 0 spiro atoms.